The maximum Gasteiger partial charge on any atom is 0.307 e. The fourth-order valence-electron chi connectivity index (χ4n) is 3.61. The van der Waals surface area contributed by atoms with Gasteiger partial charge in [-0.15, -0.1) is 0 Å². The van der Waals surface area contributed by atoms with E-state index in [2.05, 4.69) is 10.6 Å². The number of aliphatic carboxylic acids is 1. The number of halogens is 3. The van der Waals surface area contributed by atoms with E-state index < -0.39 is 17.7 Å². The fourth-order valence-corrected chi connectivity index (χ4v) is 3.91. The van der Waals surface area contributed by atoms with Crippen LogP contribution in [-0.2, 0) is 17.8 Å². The molecule has 198 valence electrons. The van der Waals surface area contributed by atoms with Crippen LogP contribution in [0.4, 0.5) is 10.1 Å². The van der Waals surface area contributed by atoms with Gasteiger partial charge in [-0.2, -0.15) is 0 Å². The third-order valence-corrected chi connectivity index (χ3v) is 6.29. The monoisotopic (exact) mass is 566 g/mol. The molecule has 0 fully saturated rings. The van der Waals surface area contributed by atoms with Crippen LogP contribution in [0.15, 0.2) is 84.9 Å². The Labute approximate surface area is 233 Å². The maximum atomic E-state index is 13.2. The van der Waals surface area contributed by atoms with E-state index >= 15 is 0 Å². The SMILES string of the molecule is O=C(O)Cc1ccc(Oc2ccc(NC(=O)c3ccc(Cl)c(Cl)c3)cc2)c(CNC(=O)c2ccc(F)cc2)c1. The van der Waals surface area contributed by atoms with Crippen molar-refractivity contribution in [2.24, 2.45) is 0 Å². The highest BCUT2D eigenvalue weighted by Gasteiger charge is 2.13. The summed E-state index contributed by atoms with van der Waals surface area (Å²) in [5.74, 6) is -1.40. The predicted octanol–water partition coefficient (Wildman–Crippen LogP) is 6.73. The molecule has 0 saturated carbocycles. The topological polar surface area (TPSA) is 105 Å². The van der Waals surface area contributed by atoms with Gasteiger partial charge >= 0.3 is 5.97 Å². The van der Waals surface area contributed by atoms with Gasteiger partial charge in [0.1, 0.15) is 17.3 Å². The third kappa shape index (κ3) is 7.56. The Bertz CT molecular complexity index is 1530. The van der Waals surface area contributed by atoms with Crippen molar-refractivity contribution in [3.8, 4) is 11.5 Å². The maximum absolute atomic E-state index is 13.2. The minimum Gasteiger partial charge on any atom is -0.481 e. The number of carboxylic acids is 1. The fraction of sp³-hybridized carbons (Fsp3) is 0.0690. The summed E-state index contributed by atoms with van der Waals surface area (Å²) in [7, 11) is 0. The zero-order valence-corrected chi connectivity index (χ0v) is 21.7. The van der Waals surface area contributed by atoms with Gasteiger partial charge in [0.25, 0.3) is 11.8 Å². The van der Waals surface area contributed by atoms with Crippen LogP contribution in [0.2, 0.25) is 10.0 Å². The molecule has 0 aliphatic rings. The summed E-state index contributed by atoms with van der Waals surface area (Å²) < 4.78 is 19.2. The Morgan fingerprint density at radius 1 is 0.795 bits per heavy atom. The molecular formula is C29H21Cl2FN2O5. The number of carboxylic acid groups (broad SMARTS) is 1. The Morgan fingerprint density at radius 2 is 1.49 bits per heavy atom. The molecule has 10 heteroatoms. The molecule has 3 N–H and O–H groups in total. The van der Waals surface area contributed by atoms with E-state index in [1.807, 2.05) is 0 Å². The Kier molecular flexibility index (Phi) is 8.81. The van der Waals surface area contributed by atoms with Crippen molar-refractivity contribution in [1.82, 2.24) is 5.32 Å². The molecule has 2 amide bonds. The van der Waals surface area contributed by atoms with Crippen LogP contribution in [0, 0.1) is 5.82 Å². The van der Waals surface area contributed by atoms with Crippen molar-refractivity contribution in [3.05, 3.63) is 123 Å². The molecule has 4 aromatic carbocycles. The van der Waals surface area contributed by atoms with Crippen LogP contribution in [0.25, 0.3) is 0 Å². The summed E-state index contributed by atoms with van der Waals surface area (Å²) in [6.45, 7) is 0.0385. The van der Waals surface area contributed by atoms with E-state index in [-0.39, 0.29) is 29.5 Å². The second-order valence-corrected chi connectivity index (χ2v) is 9.23. The smallest absolute Gasteiger partial charge is 0.307 e. The lowest BCUT2D eigenvalue weighted by Crippen LogP contribution is -2.23. The molecule has 0 radical (unpaired) electrons. The number of rotatable bonds is 9. The molecular weight excluding hydrogens is 546 g/mol. The van der Waals surface area contributed by atoms with E-state index in [0.29, 0.717) is 38.9 Å². The van der Waals surface area contributed by atoms with Gasteiger partial charge in [-0.3, -0.25) is 14.4 Å². The zero-order valence-electron chi connectivity index (χ0n) is 20.2. The highest BCUT2D eigenvalue weighted by Crippen LogP contribution is 2.28. The minimum atomic E-state index is -0.997. The van der Waals surface area contributed by atoms with Gasteiger partial charge in [0, 0.05) is 28.9 Å². The number of ether oxygens (including phenoxy) is 1. The number of carbonyl (C=O) groups excluding carboxylic acids is 2. The first-order valence-corrected chi connectivity index (χ1v) is 12.4. The average Bonchev–Trinajstić information content (AvgIpc) is 2.91. The Hall–Kier alpha value is -4.40. The first-order chi connectivity index (χ1) is 18.7. The normalized spacial score (nSPS) is 10.5. The van der Waals surface area contributed by atoms with Gasteiger partial charge in [0.05, 0.1) is 16.5 Å². The average molecular weight is 567 g/mol. The van der Waals surface area contributed by atoms with E-state index in [1.54, 1.807) is 48.5 Å². The molecule has 39 heavy (non-hydrogen) atoms. The summed E-state index contributed by atoms with van der Waals surface area (Å²) in [5, 5.41) is 15.3. The number of amides is 2. The Balaban J connectivity index is 1.47. The molecule has 0 aliphatic heterocycles. The first-order valence-electron chi connectivity index (χ1n) is 11.6. The summed E-state index contributed by atoms with van der Waals surface area (Å²) in [5.41, 5.74) is 2.21. The van der Waals surface area contributed by atoms with Crippen molar-refractivity contribution in [3.63, 3.8) is 0 Å². The van der Waals surface area contributed by atoms with Gasteiger partial charge in [-0.25, -0.2) is 4.39 Å². The molecule has 4 rings (SSSR count). The molecule has 0 heterocycles. The van der Waals surface area contributed by atoms with Crippen molar-refractivity contribution >= 4 is 46.7 Å². The van der Waals surface area contributed by atoms with Crippen LogP contribution in [-0.4, -0.2) is 22.9 Å². The largest absolute Gasteiger partial charge is 0.481 e. The van der Waals surface area contributed by atoms with E-state index in [1.165, 1.54) is 36.4 Å². The van der Waals surface area contributed by atoms with E-state index in [0.717, 1.165) is 0 Å². The van der Waals surface area contributed by atoms with Crippen LogP contribution in [0.1, 0.15) is 31.8 Å². The Morgan fingerprint density at radius 3 is 2.15 bits per heavy atom. The number of hydrogen-bond acceptors (Lipinski definition) is 4. The lowest BCUT2D eigenvalue weighted by atomic mass is 10.1. The molecule has 0 aliphatic carbocycles. The second kappa shape index (κ2) is 12.4. The second-order valence-electron chi connectivity index (χ2n) is 8.41. The molecule has 7 nitrogen and oxygen atoms in total. The van der Waals surface area contributed by atoms with Gasteiger partial charge in [0.15, 0.2) is 0 Å². The highest BCUT2D eigenvalue weighted by molar-refractivity contribution is 6.42. The van der Waals surface area contributed by atoms with Crippen molar-refractivity contribution in [2.45, 2.75) is 13.0 Å². The summed E-state index contributed by atoms with van der Waals surface area (Å²) in [6.07, 6.45) is -0.202. The van der Waals surface area contributed by atoms with Crippen LogP contribution >= 0.6 is 23.2 Å². The molecule has 0 atom stereocenters. The summed E-state index contributed by atoms with van der Waals surface area (Å²) in [6, 6.07) is 21.2. The quantitative estimate of drug-likeness (QED) is 0.208. The number of benzene rings is 4. The molecule has 0 unspecified atom stereocenters. The molecule has 0 saturated heterocycles. The van der Waals surface area contributed by atoms with Gasteiger partial charge in [0.2, 0.25) is 0 Å². The predicted molar refractivity (Wildman–Crippen MR) is 146 cm³/mol. The van der Waals surface area contributed by atoms with Gasteiger partial charge < -0.3 is 20.5 Å². The van der Waals surface area contributed by atoms with Crippen LogP contribution < -0.4 is 15.4 Å². The lowest BCUT2D eigenvalue weighted by Gasteiger charge is -2.14. The van der Waals surface area contributed by atoms with Gasteiger partial charge in [-0.1, -0.05) is 29.3 Å². The van der Waals surface area contributed by atoms with Crippen molar-refractivity contribution in [1.29, 1.82) is 0 Å². The zero-order chi connectivity index (χ0) is 27.9. The number of anilines is 1. The van der Waals surface area contributed by atoms with Crippen LogP contribution in [0.3, 0.4) is 0 Å². The first kappa shape index (κ1) is 27.6. The molecule has 0 bridgehead atoms. The summed E-state index contributed by atoms with van der Waals surface area (Å²) >= 11 is 11.9. The van der Waals surface area contributed by atoms with E-state index in [9.17, 15) is 18.8 Å². The van der Waals surface area contributed by atoms with Crippen LogP contribution in [0.5, 0.6) is 11.5 Å². The van der Waals surface area contributed by atoms with Gasteiger partial charge in [-0.05, 0) is 84.4 Å². The van der Waals surface area contributed by atoms with Crippen molar-refractivity contribution < 1.29 is 28.6 Å². The van der Waals surface area contributed by atoms with E-state index in [4.69, 9.17) is 33.0 Å². The third-order valence-electron chi connectivity index (χ3n) is 5.55. The standard InChI is InChI=1S/C29H21Cl2FN2O5/c30-24-11-4-19(15-25(24)31)29(38)34-22-7-9-23(10-8-22)39-26-12-1-17(14-27(35)36)13-20(26)16-33-28(37)18-2-5-21(32)6-3-18/h1-13,15H,14,16H2,(H,33,37)(H,34,38)(H,35,36). The molecule has 0 spiro atoms. The summed E-state index contributed by atoms with van der Waals surface area (Å²) in [4.78, 5) is 36.2. The number of nitrogens with one attached hydrogen (secondary N) is 2. The molecule has 4 aromatic rings. The number of hydrogen-bond donors (Lipinski definition) is 3. The highest BCUT2D eigenvalue weighted by atomic mass is 35.5. The number of carbonyl (C=O) groups is 3. The minimum absolute atomic E-state index is 0.0385. The molecule has 0 aromatic heterocycles. The lowest BCUT2D eigenvalue weighted by molar-refractivity contribution is -0.136. The van der Waals surface area contributed by atoms with Crippen molar-refractivity contribution in [2.75, 3.05) is 5.32 Å².